The molecule has 0 unspecified atom stereocenters. The van der Waals surface area contributed by atoms with Crippen LogP contribution in [0.3, 0.4) is 0 Å². The fraction of sp³-hybridized carbons (Fsp3) is 0.364. The molecule has 1 aromatic carbocycles. The van der Waals surface area contributed by atoms with Crippen LogP contribution in [0, 0.1) is 5.92 Å². The van der Waals surface area contributed by atoms with Crippen LogP contribution >= 0.6 is 0 Å². The first-order valence-electron chi connectivity index (χ1n) is 10.6. The molecule has 1 fully saturated rings. The topological polar surface area (TPSA) is 106 Å². The summed E-state index contributed by atoms with van der Waals surface area (Å²) in [5.74, 6) is 1.85. The van der Waals surface area contributed by atoms with Crippen molar-refractivity contribution in [1.82, 2.24) is 40.1 Å². The number of aromatic nitrogens is 7. The smallest absolute Gasteiger partial charge is 0.273 e. The quantitative estimate of drug-likeness (QED) is 0.514. The Labute approximate surface area is 185 Å². The molecule has 4 heterocycles. The lowest BCUT2D eigenvalue weighted by Crippen LogP contribution is -2.52. The van der Waals surface area contributed by atoms with Gasteiger partial charge in [0.25, 0.3) is 5.91 Å². The fourth-order valence-corrected chi connectivity index (χ4v) is 3.68. The number of hydrogen-bond donors (Lipinski definition) is 1. The van der Waals surface area contributed by atoms with Gasteiger partial charge in [0.1, 0.15) is 5.82 Å². The third-order valence-electron chi connectivity index (χ3n) is 5.46. The lowest BCUT2D eigenvalue weighted by atomic mass is 9.96. The molecule has 0 saturated carbocycles. The van der Waals surface area contributed by atoms with Crippen LogP contribution in [0.2, 0.25) is 0 Å². The van der Waals surface area contributed by atoms with Crippen molar-refractivity contribution in [3.63, 3.8) is 0 Å². The first-order valence-corrected chi connectivity index (χ1v) is 10.6. The number of fused-ring (bicyclic) bond motifs is 1. The van der Waals surface area contributed by atoms with E-state index in [2.05, 4.69) is 51.4 Å². The van der Waals surface area contributed by atoms with E-state index in [9.17, 15) is 4.79 Å². The van der Waals surface area contributed by atoms with Crippen molar-refractivity contribution in [2.45, 2.75) is 26.2 Å². The average molecular weight is 432 g/mol. The second-order valence-electron chi connectivity index (χ2n) is 9.07. The minimum atomic E-state index is -0.218. The maximum absolute atomic E-state index is 12.5. The Hall–Kier alpha value is -3.82. The molecule has 5 rings (SSSR count). The maximum atomic E-state index is 12.5. The molecule has 10 nitrogen and oxygen atoms in total. The highest BCUT2D eigenvalue weighted by Gasteiger charge is 2.29. The third-order valence-corrected chi connectivity index (χ3v) is 5.46. The maximum Gasteiger partial charge on any atom is 0.273 e. The van der Waals surface area contributed by atoms with Crippen molar-refractivity contribution < 1.29 is 4.79 Å². The number of nitrogens with zero attached hydrogens (tertiary/aromatic N) is 8. The fourth-order valence-electron chi connectivity index (χ4n) is 3.68. The molecule has 32 heavy (non-hydrogen) atoms. The van der Waals surface area contributed by atoms with E-state index in [1.165, 1.54) is 11.0 Å². The van der Waals surface area contributed by atoms with E-state index in [0.717, 1.165) is 36.1 Å². The molecule has 1 aliphatic heterocycles. The second kappa shape index (κ2) is 7.70. The van der Waals surface area contributed by atoms with Gasteiger partial charge in [0.05, 0.1) is 11.9 Å². The van der Waals surface area contributed by atoms with Crippen molar-refractivity contribution in [1.29, 1.82) is 0 Å². The molecule has 0 spiro atoms. The molecule has 1 saturated heterocycles. The Bertz CT molecular complexity index is 1250. The van der Waals surface area contributed by atoms with Gasteiger partial charge in [-0.1, -0.05) is 39.0 Å². The van der Waals surface area contributed by atoms with Gasteiger partial charge in [0.2, 0.25) is 0 Å². The lowest BCUT2D eigenvalue weighted by molar-refractivity contribution is 0.0939. The molecule has 0 atom stereocenters. The summed E-state index contributed by atoms with van der Waals surface area (Å²) in [6.45, 7) is 8.51. The summed E-state index contributed by atoms with van der Waals surface area (Å²) in [6, 6.07) is 13.4. The van der Waals surface area contributed by atoms with Crippen LogP contribution < -0.4 is 10.2 Å². The number of carbonyl (C=O) groups excluding carboxylic acids is 1. The summed E-state index contributed by atoms with van der Waals surface area (Å²) < 4.78 is 1.82. The molecule has 0 aliphatic carbocycles. The van der Waals surface area contributed by atoms with E-state index in [0.29, 0.717) is 18.2 Å². The number of hydrogen-bond acceptors (Lipinski definition) is 7. The molecular formula is C22H25N9O. The zero-order valence-electron chi connectivity index (χ0n) is 18.3. The highest BCUT2D eigenvalue weighted by atomic mass is 16.2. The van der Waals surface area contributed by atoms with Gasteiger partial charge in [-0.2, -0.15) is 14.4 Å². The van der Waals surface area contributed by atoms with Gasteiger partial charge in [-0.3, -0.25) is 4.79 Å². The first-order chi connectivity index (χ1) is 15.4. The van der Waals surface area contributed by atoms with Gasteiger partial charge in [-0.25, -0.2) is 0 Å². The minimum absolute atomic E-state index is 0.144. The molecule has 10 heteroatoms. The van der Waals surface area contributed by atoms with Crippen molar-refractivity contribution in [3.05, 3.63) is 60.2 Å². The predicted octanol–water partition coefficient (Wildman–Crippen LogP) is 1.87. The van der Waals surface area contributed by atoms with Gasteiger partial charge < -0.3 is 10.2 Å². The third kappa shape index (κ3) is 3.79. The molecule has 4 aromatic rings. The highest BCUT2D eigenvalue weighted by molar-refractivity contribution is 5.91. The van der Waals surface area contributed by atoms with Crippen LogP contribution in [0.4, 0.5) is 5.82 Å². The SMILES string of the molecule is CC(C)(C)c1nnc2ccc(N3CC(CNC(=O)c4cnn(-c5ccccc5)n4)C3)nn12. The number of nitrogens with one attached hydrogen (secondary N) is 1. The van der Waals surface area contributed by atoms with Gasteiger partial charge in [0, 0.05) is 31.0 Å². The number of anilines is 1. The summed E-state index contributed by atoms with van der Waals surface area (Å²) in [6.07, 6.45) is 1.49. The van der Waals surface area contributed by atoms with Gasteiger partial charge in [-0.05, 0) is 24.3 Å². The molecule has 164 valence electrons. The minimum Gasteiger partial charge on any atom is -0.354 e. The monoisotopic (exact) mass is 431 g/mol. The highest BCUT2D eigenvalue weighted by Crippen LogP contribution is 2.25. The van der Waals surface area contributed by atoms with Crippen LogP contribution in [0.1, 0.15) is 37.1 Å². The molecule has 1 amide bonds. The molecule has 3 aromatic heterocycles. The summed E-state index contributed by atoms with van der Waals surface area (Å²) in [7, 11) is 0. The van der Waals surface area contributed by atoms with Crippen molar-refractivity contribution in [2.75, 3.05) is 24.5 Å². The van der Waals surface area contributed by atoms with Crippen LogP contribution in [-0.2, 0) is 5.41 Å². The second-order valence-corrected chi connectivity index (χ2v) is 9.07. The van der Waals surface area contributed by atoms with Crippen molar-refractivity contribution in [2.24, 2.45) is 5.92 Å². The summed E-state index contributed by atoms with van der Waals surface area (Å²) in [4.78, 5) is 16.1. The van der Waals surface area contributed by atoms with Crippen LogP contribution in [0.25, 0.3) is 11.3 Å². The van der Waals surface area contributed by atoms with E-state index in [4.69, 9.17) is 5.10 Å². The van der Waals surface area contributed by atoms with Gasteiger partial charge in [0.15, 0.2) is 17.2 Å². The standard InChI is InChI=1S/C22H25N9O/c1-22(2,3)21-26-25-18-9-10-19(28-30(18)21)29-13-15(14-29)11-23-20(32)17-12-24-31(27-17)16-7-5-4-6-8-16/h4-10,12,15H,11,13-14H2,1-3H3,(H,23,32). The summed E-state index contributed by atoms with van der Waals surface area (Å²) in [5.41, 5.74) is 1.72. The van der Waals surface area contributed by atoms with E-state index in [-0.39, 0.29) is 11.3 Å². The number of para-hydroxylation sites is 1. The average Bonchev–Trinajstić information content (AvgIpc) is 3.40. The normalized spacial score (nSPS) is 14.5. The molecule has 0 bridgehead atoms. The van der Waals surface area contributed by atoms with Gasteiger partial charge in [-0.15, -0.1) is 20.4 Å². The van der Waals surface area contributed by atoms with Crippen molar-refractivity contribution in [3.8, 4) is 5.69 Å². The van der Waals surface area contributed by atoms with Gasteiger partial charge >= 0.3 is 0 Å². The summed E-state index contributed by atoms with van der Waals surface area (Å²) >= 11 is 0. The Kier molecular flexibility index (Phi) is 4.84. The zero-order valence-corrected chi connectivity index (χ0v) is 18.3. The van der Waals surface area contributed by atoms with Crippen LogP contribution in [-0.4, -0.2) is 60.3 Å². The molecule has 0 radical (unpaired) electrons. The van der Waals surface area contributed by atoms with Crippen LogP contribution in [0.15, 0.2) is 48.7 Å². The summed E-state index contributed by atoms with van der Waals surface area (Å²) in [5, 5.41) is 24.7. The lowest BCUT2D eigenvalue weighted by Gasteiger charge is -2.40. The number of benzene rings is 1. The van der Waals surface area contributed by atoms with Crippen LogP contribution in [0.5, 0.6) is 0 Å². The molecular weight excluding hydrogens is 406 g/mol. The first kappa shape index (κ1) is 20.1. The van der Waals surface area contributed by atoms with E-state index >= 15 is 0 Å². The number of amides is 1. The Morgan fingerprint density at radius 3 is 2.59 bits per heavy atom. The predicted molar refractivity (Wildman–Crippen MR) is 119 cm³/mol. The Balaban J connectivity index is 1.17. The Morgan fingerprint density at radius 2 is 1.84 bits per heavy atom. The number of carbonyl (C=O) groups is 1. The zero-order chi connectivity index (χ0) is 22.3. The van der Waals surface area contributed by atoms with E-state index < -0.39 is 0 Å². The Morgan fingerprint density at radius 1 is 1.06 bits per heavy atom. The largest absolute Gasteiger partial charge is 0.354 e. The molecule has 1 aliphatic rings. The van der Waals surface area contributed by atoms with E-state index in [1.807, 2.05) is 47.0 Å². The molecule has 1 N–H and O–H groups in total. The number of rotatable bonds is 5. The van der Waals surface area contributed by atoms with E-state index in [1.54, 1.807) is 0 Å². The van der Waals surface area contributed by atoms with Crippen molar-refractivity contribution >= 4 is 17.4 Å².